The number of benzene rings is 1. The van der Waals surface area contributed by atoms with Crippen LogP contribution >= 0.6 is 0 Å². The number of hydrogen-bond acceptors (Lipinski definition) is 3. The van der Waals surface area contributed by atoms with Crippen LogP contribution in [0, 0.1) is 0 Å². The molecule has 1 rings (SSSR count). The van der Waals surface area contributed by atoms with Crippen molar-refractivity contribution >= 4 is 11.9 Å². The smallest absolute Gasteiger partial charge is 0.239 e. The lowest BCUT2D eigenvalue weighted by molar-refractivity contribution is -0.120. The zero-order chi connectivity index (χ0) is 18.5. The number of nitrogens with zero attached hydrogens (tertiary/aromatic N) is 1. The zero-order valence-electron chi connectivity index (χ0n) is 15.9. The third-order valence-corrected chi connectivity index (χ3v) is 3.91. The van der Waals surface area contributed by atoms with Crippen LogP contribution in [0.15, 0.2) is 29.3 Å². The number of carbonyl (C=O) groups is 1. The molecule has 6 nitrogen and oxygen atoms in total. The lowest BCUT2D eigenvalue weighted by Gasteiger charge is -2.17. The van der Waals surface area contributed by atoms with Crippen LogP contribution in [0.3, 0.4) is 0 Å². The van der Waals surface area contributed by atoms with Gasteiger partial charge in [0.1, 0.15) is 5.75 Å². The van der Waals surface area contributed by atoms with Crippen LogP contribution in [0.2, 0.25) is 0 Å². The van der Waals surface area contributed by atoms with Crippen LogP contribution in [-0.2, 0) is 11.3 Å². The number of ether oxygens (including phenoxy) is 1. The van der Waals surface area contributed by atoms with Gasteiger partial charge in [0, 0.05) is 19.6 Å². The van der Waals surface area contributed by atoms with E-state index in [1.165, 1.54) is 19.3 Å². The predicted molar refractivity (Wildman–Crippen MR) is 103 cm³/mol. The van der Waals surface area contributed by atoms with Crippen molar-refractivity contribution in [2.75, 3.05) is 20.7 Å². The normalized spacial score (nSPS) is 12.4. The molecule has 0 fully saturated rings. The van der Waals surface area contributed by atoms with Crippen molar-refractivity contribution in [3.05, 3.63) is 29.8 Å². The number of aliphatic imine (C=N–C) groups is 1. The highest BCUT2D eigenvalue weighted by Crippen LogP contribution is 2.10. The number of unbranched alkanes of at least 4 members (excludes halogenated alkanes) is 2. The van der Waals surface area contributed by atoms with Crippen molar-refractivity contribution in [2.45, 2.75) is 52.1 Å². The molecule has 6 heteroatoms. The van der Waals surface area contributed by atoms with Crippen molar-refractivity contribution in [1.29, 1.82) is 0 Å². The largest absolute Gasteiger partial charge is 0.497 e. The molecule has 3 N–H and O–H groups in total. The summed E-state index contributed by atoms with van der Waals surface area (Å²) < 4.78 is 5.12. The summed E-state index contributed by atoms with van der Waals surface area (Å²) in [5.41, 5.74) is 1.03. The molecule has 140 valence electrons. The number of nitrogens with one attached hydrogen (secondary N) is 3. The fourth-order valence-corrected chi connectivity index (χ4v) is 2.37. The van der Waals surface area contributed by atoms with Crippen LogP contribution in [0.4, 0.5) is 0 Å². The molecule has 0 spiro atoms. The van der Waals surface area contributed by atoms with Gasteiger partial charge in [0.2, 0.25) is 5.91 Å². The molecular weight excluding hydrogens is 316 g/mol. The first kappa shape index (κ1) is 20.8. The Labute approximate surface area is 151 Å². The molecule has 1 amide bonds. The van der Waals surface area contributed by atoms with Gasteiger partial charge < -0.3 is 20.7 Å². The molecule has 0 bridgehead atoms. The Bertz CT molecular complexity index is 529. The summed E-state index contributed by atoms with van der Waals surface area (Å²) in [6.45, 7) is 5.01. The first-order chi connectivity index (χ1) is 12.1. The van der Waals surface area contributed by atoms with Gasteiger partial charge in [-0.1, -0.05) is 38.3 Å². The Balaban J connectivity index is 2.28. The predicted octanol–water partition coefficient (Wildman–Crippen LogP) is 2.45. The maximum absolute atomic E-state index is 12.0. The molecule has 0 saturated carbocycles. The van der Waals surface area contributed by atoms with Gasteiger partial charge in [-0.15, -0.1) is 0 Å². The van der Waals surface area contributed by atoms with Crippen molar-refractivity contribution in [2.24, 2.45) is 4.99 Å². The van der Waals surface area contributed by atoms with Crippen LogP contribution in [0.25, 0.3) is 0 Å². The molecule has 0 radical (unpaired) electrons. The molecule has 1 atom stereocenters. The highest BCUT2D eigenvalue weighted by atomic mass is 16.5. The van der Waals surface area contributed by atoms with Crippen molar-refractivity contribution in [3.63, 3.8) is 0 Å². The average molecular weight is 348 g/mol. The topological polar surface area (TPSA) is 74.8 Å². The fourth-order valence-electron chi connectivity index (χ4n) is 2.37. The summed E-state index contributed by atoms with van der Waals surface area (Å²) in [6.07, 6.45) is 4.75. The number of hydrogen-bond donors (Lipinski definition) is 3. The molecule has 0 aliphatic carbocycles. The van der Waals surface area contributed by atoms with Gasteiger partial charge in [0.15, 0.2) is 5.96 Å². The highest BCUT2D eigenvalue weighted by molar-refractivity contribution is 5.86. The molecule has 1 aromatic rings. The number of rotatable bonds is 10. The SMILES string of the molecule is CCCCCC(C)NC(=NC)NCC(=O)NCc1ccc(OC)cc1. The van der Waals surface area contributed by atoms with Gasteiger partial charge >= 0.3 is 0 Å². The maximum Gasteiger partial charge on any atom is 0.239 e. The van der Waals surface area contributed by atoms with Gasteiger partial charge in [0.25, 0.3) is 0 Å². The van der Waals surface area contributed by atoms with Crippen LogP contribution in [0.5, 0.6) is 5.75 Å². The van der Waals surface area contributed by atoms with E-state index < -0.39 is 0 Å². The van der Waals surface area contributed by atoms with E-state index >= 15 is 0 Å². The lowest BCUT2D eigenvalue weighted by Crippen LogP contribution is -2.45. The molecule has 1 aromatic carbocycles. The van der Waals surface area contributed by atoms with Gasteiger partial charge in [-0.05, 0) is 31.0 Å². The number of amides is 1. The van der Waals surface area contributed by atoms with Crippen molar-refractivity contribution in [3.8, 4) is 5.75 Å². The van der Waals surface area contributed by atoms with E-state index in [0.717, 1.165) is 17.7 Å². The second kappa shape index (κ2) is 12.2. The van der Waals surface area contributed by atoms with E-state index in [4.69, 9.17) is 4.74 Å². The zero-order valence-corrected chi connectivity index (χ0v) is 15.9. The maximum atomic E-state index is 12.0. The Morgan fingerprint density at radius 1 is 1.20 bits per heavy atom. The van der Waals surface area contributed by atoms with Gasteiger partial charge in [-0.25, -0.2) is 0 Å². The summed E-state index contributed by atoms with van der Waals surface area (Å²) >= 11 is 0. The van der Waals surface area contributed by atoms with E-state index in [9.17, 15) is 4.79 Å². The molecule has 0 saturated heterocycles. The molecule has 0 heterocycles. The first-order valence-electron chi connectivity index (χ1n) is 8.95. The Kier molecular flexibility index (Phi) is 10.1. The average Bonchev–Trinajstić information content (AvgIpc) is 2.64. The Hall–Kier alpha value is -2.24. The minimum atomic E-state index is -0.0718. The molecule has 1 unspecified atom stereocenters. The standard InChI is InChI=1S/C19H32N4O2/c1-5-6-7-8-15(2)23-19(20-3)22-14-18(24)21-13-16-9-11-17(25-4)12-10-16/h9-12,15H,5-8,13-14H2,1-4H3,(H,21,24)(H2,20,22,23). The molecule has 0 aliphatic rings. The van der Waals surface area contributed by atoms with E-state index in [1.54, 1.807) is 14.2 Å². The van der Waals surface area contributed by atoms with E-state index in [0.29, 0.717) is 18.5 Å². The monoisotopic (exact) mass is 348 g/mol. The van der Waals surface area contributed by atoms with Crippen LogP contribution in [0.1, 0.15) is 45.1 Å². The minimum Gasteiger partial charge on any atom is -0.497 e. The molecule has 0 aromatic heterocycles. The lowest BCUT2D eigenvalue weighted by atomic mass is 10.1. The second-order valence-electron chi connectivity index (χ2n) is 6.09. The number of guanidine groups is 1. The molecule has 25 heavy (non-hydrogen) atoms. The summed E-state index contributed by atoms with van der Waals surface area (Å²) in [5.74, 6) is 1.39. The van der Waals surface area contributed by atoms with Crippen molar-refractivity contribution in [1.82, 2.24) is 16.0 Å². The summed E-state index contributed by atoms with van der Waals surface area (Å²) in [5, 5.41) is 9.25. The van der Waals surface area contributed by atoms with Gasteiger partial charge in [-0.2, -0.15) is 0 Å². The van der Waals surface area contributed by atoms with Crippen molar-refractivity contribution < 1.29 is 9.53 Å². The van der Waals surface area contributed by atoms with E-state index in [1.807, 2.05) is 24.3 Å². The Morgan fingerprint density at radius 3 is 2.52 bits per heavy atom. The third kappa shape index (κ3) is 8.98. The van der Waals surface area contributed by atoms with Gasteiger partial charge in [-0.3, -0.25) is 9.79 Å². The molecule has 0 aliphatic heterocycles. The number of methoxy groups -OCH3 is 1. The fraction of sp³-hybridized carbons (Fsp3) is 0.579. The quantitative estimate of drug-likeness (QED) is 0.345. The van der Waals surface area contributed by atoms with E-state index in [-0.39, 0.29) is 12.5 Å². The molecular formula is C19H32N4O2. The summed E-state index contributed by atoms with van der Waals surface area (Å²) in [7, 11) is 3.34. The highest BCUT2D eigenvalue weighted by Gasteiger charge is 2.07. The first-order valence-corrected chi connectivity index (χ1v) is 8.95. The summed E-state index contributed by atoms with van der Waals surface area (Å²) in [6, 6.07) is 7.97. The van der Waals surface area contributed by atoms with E-state index in [2.05, 4.69) is 34.8 Å². The summed E-state index contributed by atoms with van der Waals surface area (Å²) in [4.78, 5) is 16.1. The van der Waals surface area contributed by atoms with Crippen LogP contribution < -0.4 is 20.7 Å². The van der Waals surface area contributed by atoms with Gasteiger partial charge in [0.05, 0.1) is 13.7 Å². The second-order valence-corrected chi connectivity index (χ2v) is 6.09. The Morgan fingerprint density at radius 2 is 1.92 bits per heavy atom. The van der Waals surface area contributed by atoms with Crippen LogP contribution in [-0.4, -0.2) is 38.6 Å². The minimum absolute atomic E-state index is 0.0718. The number of carbonyl (C=O) groups excluding carboxylic acids is 1. The third-order valence-electron chi connectivity index (χ3n) is 3.91.